The summed E-state index contributed by atoms with van der Waals surface area (Å²) in [5.74, 6) is 0. The first-order valence-corrected chi connectivity index (χ1v) is 17.5. The monoisotopic (exact) mass is 681 g/mol. The van der Waals surface area contributed by atoms with Crippen molar-refractivity contribution in [1.82, 2.24) is 19.9 Å². The molecule has 2 aromatic rings. The van der Waals surface area contributed by atoms with Gasteiger partial charge in [-0.1, -0.05) is 6.07 Å². The second-order valence-corrected chi connectivity index (χ2v) is 16.4. The van der Waals surface area contributed by atoms with Crippen molar-refractivity contribution in [2.75, 3.05) is 11.9 Å². The van der Waals surface area contributed by atoms with Crippen molar-refractivity contribution in [2.45, 2.75) is 122 Å². The first kappa shape index (κ1) is 37.0. The van der Waals surface area contributed by atoms with E-state index in [-0.39, 0.29) is 35.4 Å². The van der Waals surface area contributed by atoms with E-state index < -0.39 is 45.5 Å². The summed E-state index contributed by atoms with van der Waals surface area (Å²) in [4.78, 5) is 44.6. The minimum absolute atomic E-state index is 0.0551. The van der Waals surface area contributed by atoms with Gasteiger partial charge in [0.1, 0.15) is 10.6 Å². The van der Waals surface area contributed by atoms with Crippen LogP contribution >= 0.6 is 11.3 Å². The fourth-order valence-corrected chi connectivity index (χ4v) is 7.53. The molecule has 1 aromatic carbocycles. The average Bonchev–Trinajstić information content (AvgIpc) is 3.35. The van der Waals surface area contributed by atoms with E-state index in [0.29, 0.717) is 28.3 Å². The van der Waals surface area contributed by atoms with E-state index in [9.17, 15) is 22.8 Å². The standard InChI is InChI=1S/C31H47N5O8S2/c1-18(2)42-27(37)33-20-11-13-22(25(15-20)46(40,41)35-30(5,6)7)24-16-32-26(45-24)23-14-12-21(34-28(38)43-19(3)4)17-36(23)29(39)44-31(8,9)10/h11,13,15-16,18-19,21,23,35H,12,14,17H2,1-10H3,(H,33,37)(H,34,38)/t21-,23?/m1/s1. The second kappa shape index (κ2) is 14.6. The third-order valence-corrected chi connectivity index (χ3v) is 9.18. The predicted octanol–water partition coefficient (Wildman–Crippen LogP) is 6.42. The van der Waals surface area contributed by atoms with E-state index in [1.54, 1.807) is 92.5 Å². The van der Waals surface area contributed by atoms with Gasteiger partial charge in [0, 0.05) is 29.5 Å². The van der Waals surface area contributed by atoms with Crippen LogP contribution in [0.2, 0.25) is 0 Å². The Hall–Kier alpha value is -3.43. The number of hydrogen-bond acceptors (Lipinski definition) is 10. The molecular formula is C31H47N5O8S2. The number of anilines is 1. The fraction of sp³-hybridized carbons (Fsp3) is 0.613. The van der Waals surface area contributed by atoms with Gasteiger partial charge in [0.05, 0.1) is 34.1 Å². The molecule has 0 radical (unpaired) electrons. The first-order chi connectivity index (χ1) is 21.1. The van der Waals surface area contributed by atoms with Crippen LogP contribution in [0.3, 0.4) is 0 Å². The van der Waals surface area contributed by atoms with Crippen LogP contribution in [0.4, 0.5) is 20.1 Å². The number of hydrogen-bond donors (Lipinski definition) is 3. The lowest BCUT2D eigenvalue weighted by Gasteiger charge is -2.39. The van der Waals surface area contributed by atoms with Crippen LogP contribution in [0.5, 0.6) is 0 Å². The Kier molecular flexibility index (Phi) is 11.7. The molecular weight excluding hydrogens is 635 g/mol. The molecule has 1 aliphatic heterocycles. The number of nitrogens with one attached hydrogen (secondary N) is 3. The summed E-state index contributed by atoms with van der Waals surface area (Å²) < 4.78 is 46.1. The quantitative estimate of drug-likeness (QED) is 0.267. The summed E-state index contributed by atoms with van der Waals surface area (Å²) in [5, 5.41) is 6.00. The highest BCUT2D eigenvalue weighted by molar-refractivity contribution is 7.89. The second-order valence-electron chi connectivity index (χ2n) is 13.7. The van der Waals surface area contributed by atoms with Crippen LogP contribution in [0, 0.1) is 0 Å². The summed E-state index contributed by atoms with van der Waals surface area (Å²) in [5.41, 5.74) is -0.921. The molecule has 1 saturated heterocycles. The Morgan fingerprint density at radius 2 is 1.61 bits per heavy atom. The SMILES string of the molecule is CC(C)OC(=O)Nc1ccc(-c2cnc(C3CC[C@@H](NC(=O)OC(C)C)CN3C(=O)OC(C)(C)C)s2)c(S(=O)(=O)NC(C)(C)C)c1. The van der Waals surface area contributed by atoms with Crippen LogP contribution in [0.1, 0.15) is 93.1 Å². The Balaban J connectivity index is 1.99. The van der Waals surface area contributed by atoms with Crippen molar-refractivity contribution in [1.29, 1.82) is 0 Å². The molecule has 0 saturated carbocycles. The number of alkyl carbamates (subject to hydrolysis) is 1. The summed E-state index contributed by atoms with van der Waals surface area (Å²) in [6.45, 7) is 17.6. The van der Waals surface area contributed by atoms with Gasteiger partial charge in [0.25, 0.3) is 0 Å². The predicted molar refractivity (Wildman–Crippen MR) is 176 cm³/mol. The first-order valence-electron chi connectivity index (χ1n) is 15.2. The molecule has 0 aliphatic carbocycles. The molecule has 46 heavy (non-hydrogen) atoms. The molecule has 1 unspecified atom stereocenters. The third-order valence-electron chi connectivity index (χ3n) is 6.25. The Labute approximate surface area is 275 Å². The summed E-state index contributed by atoms with van der Waals surface area (Å²) >= 11 is 1.25. The average molecular weight is 682 g/mol. The van der Waals surface area contributed by atoms with Crippen molar-refractivity contribution in [3.8, 4) is 10.4 Å². The van der Waals surface area contributed by atoms with Crippen LogP contribution in [-0.2, 0) is 24.2 Å². The molecule has 3 amide bonds. The molecule has 0 spiro atoms. The van der Waals surface area contributed by atoms with E-state index >= 15 is 0 Å². The summed E-state index contributed by atoms with van der Waals surface area (Å²) in [7, 11) is -4.07. The maximum Gasteiger partial charge on any atom is 0.411 e. The van der Waals surface area contributed by atoms with Crippen molar-refractivity contribution in [3.63, 3.8) is 0 Å². The third kappa shape index (κ3) is 10.8. The van der Waals surface area contributed by atoms with Gasteiger partial charge in [-0.2, -0.15) is 0 Å². The normalized spacial score (nSPS) is 17.5. The van der Waals surface area contributed by atoms with E-state index in [2.05, 4.69) is 20.3 Å². The number of sulfonamides is 1. The zero-order valence-electron chi connectivity index (χ0n) is 28.2. The largest absolute Gasteiger partial charge is 0.447 e. The topological polar surface area (TPSA) is 165 Å². The minimum atomic E-state index is -4.07. The number of carbonyl (C=O) groups is 3. The zero-order chi connectivity index (χ0) is 34.6. The minimum Gasteiger partial charge on any atom is -0.447 e. The number of thiazole rings is 1. The number of amides is 3. The lowest BCUT2D eigenvalue weighted by molar-refractivity contribution is 0.00490. The number of piperidine rings is 1. The van der Waals surface area contributed by atoms with Crippen LogP contribution < -0.4 is 15.4 Å². The van der Waals surface area contributed by atoms with Crippen LogP contribution in [-0.4, -0.2) is 72.5 Å². The molecule has 15 heteroatoms. The zero-order valence-corrected chi connectivity index (χ0v) is 29.9. The maximum atomic E-state index is 13.6. The van der Waals surface area contributed by atoms with Crippen LogP contribution in [0.15, 0.2) is 29.3 Å². The smallest absolute Gasteiger partial charge is 0.411 e. The van der Waals surface area contributed by atoms with Gasteiger partial charge in [-0.25, -0.2) is 32.5 Å². The Bertz CT molecular complexity index is 1510. The number of benzene rings is 1. The molecule has 0 bridgehead atoms. The molecule has 1 aromatic heterocycles. The van der Waals surface area contributed by atoms with Gasteiger partial charge in [0.2, 0.25) is 10.0 Å². The molecule has 256 valence electrons. The molecule has 2 atom stereocenters. The molecule has 3 N–H and O–H groups in total. The summed E-state index contributed by atoms with van der Waals surface area (Å²) in [6, 6.07) is 3.73. The lowest BCUT2D eigenvalue weighted by Crippen LogP contribution is -2.52. The molecule has 2 heterocycles. The molecule has 1 aliphatic rings. The van der Waals surface area contributed by atoms with Crippen molar-refractivity contribution < 1.29 is 37.0 Å². The van der Waals surface area contributed by atoms with Crippen molar-refractivity contribution >= 4 is 45.3 Å². The van der Waals surface area contributed by atoms with Gasteiger partial charge < -0.3 is 19.5 Å². The Morgan fingerprint density at radius 3 is 2.20 bits per heavy atom. The highest BCUT2D eigenvalue weighted by Gasteiger charge is 2.38. The van der Waals surface area contributed by atoms with E-state index in [1.807, 2.05) is 0 Å². The number of likely N-dealkylation sites (tertiary alicyclic amines) is 1. The highest BCUT2D eigenvalue weighted by atomic mass is 32.2. The number of rotatable bonds is 8. The van der Waals surface area contributed by atoms with Gasteiger partial charge in [-0.3, -0.25) is 10.2 Å². The highest BCUT2D eigenvalue weighted by Crippen LogP contribution is 2.40. The summed E-state index contributed by atoms with van der Waals surface area (Å²) in [6.07, 6.45) is 0.109. The van der Waals surface area contributed by atoms with E-state index in [4.69, 9.17) is 14.2 Å². The Morgan fingerprint density at radius 1 is 0.978 bits per heavy atom. The van der Waals surface area contributed by atoms with E-state index in [1.165, 1.54) is 17.4 Å². The van der Waals surface area contributed by atoms with Gasteiger partial charge in [0.15, 0.2) is 0 Å². The van der Waals surface area contributed by atoms with Crippen LogP contribution in [0.25, 0.3) is 10.4 Å². The number of carbonyl (C=O) groups excluding carboxylic acids is 3. The van der Waals surface area contributed by atoms with Gasteiger partial charge >= 0.3 is 18.3 Å². The molecule has 1 fully saturated rings. The number of ether oxygens (including phenoxy) is 3. The number of aromatic nitrogens is 1. The molecule has 3 rings (SSSR count). The van der Waals surface area contributed by atoms with Crippen molar-refractivity contribution in [3.05, 3.63) is 29.4 Å². The lowest BCUT2D eigenvalue weighted by atomic mass is 9.99. The number of nitrogens with zero attached hydrogens (tertiary/aromatic N) is 2. The van der Waals surface area contributed by atoms with Crippen molar-refractivity contribution in [2.24, 2.45) is 0 Å². The van der Waals surface area contributed by atoms with Gasteiger partial charge in [-0.15, -0.1) is 11.3 Å². The maximum absolute atomic E-state index is 13.6. The fourth-order valence-electron chi connectivity index (χ4n) is 4.69. The molecule has 13 nitrogen and oxygen atoms in total. The van der Waals surface area contributed by atoms with E-state index in [0.717, 1.165) is 0 Å². The van der Waals surface area contributed by atoms with Gasteiger partial charge in [-0.05, 0) is 94.2 Å².